The molecule has 0 bridgehead atoms. The lowest BCUT2D eigenvalue weighted by Crippen LogP contribution is -2.17. The van der Waals surface area contributed by atoms with Gasteiger partial charge in [-0.15, -0.1) is 13.2 Å². The number of alkyl halides is 3. The summed E-state index contributed by atoms with van der Waals surface area (Å²) in [5.41, 5.74) is 0. The molecule has 72 valence electrons. The van der Waals surface area contributed by atoms with E-state index in [4.69, 9.17) is 0 Å². The molecular formula is C6H2Br2F3NO. The van der Waals surface area contributed by atoms with Crippen molar-refractivity contribution in [2.24, 2.45) is 0 Å². The van der Waals surface area contributed by atoms with Crippen molar-refractivity contribution in [3.63, 3.8) is 0 Å². The maximum Gasteiger partial charge on any atom is 0.573 e. The van der Waals surface area contributed by atoms with Crippen LogP contribution in [0.1, 0.15) is 0 Å². The van der Waals surface area contributed by atoms with Crippen LogP contribution in [-0.4, -0.2) is 11.3 Å². The highest BCUT2D eigenvalue weighted by Gasteiger charge is 2.31. The molecule has 13 heavy (non-hydrogen) atoms. The molecule has 1 heterocycles. The van der Waals surface area contributed by atoms with Crippen LogP contribution in [0.4, 0.5) is 13.2 Å². The number of rotatable bonds is 1. The number of aromatic nitrogens is 1. The maximum atomic E-state index is 11.7. The molecule has 0 N–H and O–H groups in total. The molecule has 0 aliphatic carbocycles. The predicted octanol–water partition coefficient (Wildman–Crippen LogP) is 3.51. The molecule has 0 radical (unpaired) electrons. The van der Waals surface area contributed by atoms with E-state index in [1.807, 2.05) is 0 Å². The van der Waals surface area contributed by atoms with Gasteiger partial charge in [-0.3, -0.25) is 0 Å². The SMILES string of the molecule is FC(F)(F)Oc1cc(Br)nc(Br)c1. The first kappa shape index (κ1) is 10.8. The predicted molar refractivity (Wildman–Crippen MR) is 46.3 cm³/mol. The second kappa shape index (κ2) is 3.83. The van der Waals surface area contributed by atoms with Gasteiger partial charge in [0.05, 0.1) is 0 Å². The van der Waals surface area contributed by atoms with Gasteiger partial charge < -0.3 is 4.74 Å². The molecule has 7 heteroatoms. The summed E-state index contributed by atoms with van der Waals surface area (Å²) in [5, 5.41) is 0. The fourth-order valence-electron chi connectivity index (χ4n) is 0.636. The van der Waals surface area contributed by atoms with Gasteiger partial charge in [-0.05, 0) is 31.9 Å². The minimum atomic E-state index is -4.68. The molecule has 1 aromatic heterocycles. The maximum absolute atomic E-state index is 11.7. The van der Waals surface area contributed by atoms with E-state index in [2.05, 4.69) is 41.6 Å². The van der Waals surface area contributed by atoms with Crippen molar-refractivity contribution in [3.05, 3.63) is 21.3 Å². The van der Waals surface area contributed by atoms with Crippen molar-refractivity contribution < 1.29 is 17.9 Å². The van der Waals surface area contributed by atoms with Gasteiger partial charge in [-0.2, -0.15) is 0 Å². The molecule has 0 amide bonds. The molecule has 1 rings (SSSR count). The van der Waals surface area contributed by atoms with Crippen molar-refractivity contribution in [2.45, 2.75) is 6.36 Å². The van der Waals surface area contributed by atoms with Crippen LogP contribution in [0.3, 0.4) is 0 Å². The molecule has 0 aliphatic heterocycles. The van der Waals surface area contributed by atoms with Gasteiger partial charge in [-0.25, -0.2) is 4.98 Å². The molecule has 2 nitrogen and oxygen atoms in total. The average Bonchev–Trinajstić information content (AvgIpc) is 1.78. The van der Waals surface area contributed by atoms with Crippen LogP contribution in [0.25, 0.3) is 0 Å². The number of ether oxygens (including phenoxy) is 1. The van der Waals surface area contributed by atoms with Crippen LogP contribution in [0.5, 0.6) is 5.75 Å². The third-order valence-corrected chi connectivity index (χ3v) is 1.78. The van der Waals surface area contributed by atoms with Gasteiger partial charge in [0.2, 0.25) is 0 Å². The van der Waals surface area contributed by atoms with Gasteiger partial charge in [-0.1, -0.05) is 0 Å². The Morgan fingerprint density at radius 2 is 1.62 bits per heavy atom. The zero-order valence-corrected chi connectivity index (χ0v) is 9.07. The zero-order chi connectivity index (χ0) is 10.1. The van der Waals surface area contributed by atoms with Gasteiger partial charge in [0.1, 0.15) is 15.0 Å². The average molecular weight is 321 g/mol. The van der Waals surface area contributed by atoms with Crippen molar-refractivity contribution in [1.82, 2.24) is 4.98 Å². The normalized spacial score (nSPS) is 11.5. The van der Waals surface area contributed by atoms with Gasteiger partial charge >= 0.3 is 6.36 Å². The summed E-state index contributed by atoms with van der Waals surface area (Å²) in [5.74, 6) is -0.318. The zero-order valence-electron chi connectivity index (χ0n) is 5.90. The minimum absolute atomic E-state index is 0.265. The standard InChI is InChI=1S/C6H2Br2F3NO/c7-4-1-3(2-5(8)12-4)13-6(9,10)11/h1-2H. The minimum Gasteiger partial charge on any atom is -0.406 e. The molecule has 1 aromatic rings. The first-order valence-corrected chi connectivity index (χ1v) is 4.54. The Morgan fingerprint density at radius 1 is 1.15 bits per heavy atom. The fourth-order valence-corrected chi connectivity index (χ4v) is 1.71. The first-order chi connectivity index (χ1) is 5.87. The summed E-state index contributed by atoms with van der Waals surface area (Å²) in [4.78, 5) is 3.75. The van der Waals surface area contributed by atoms with E-state index in [0.717, 1.165) is 12.1 Å². The molecule has 0 unspecified atom stereocenters. The summed E-state index contributed by atoms with van der Waals surface area (Å²) in [6, 6.07) is 2.25. The number of pyridine rings is 1. The first-order valence-electron chi connectivity index (χ1n) is 2.96. The Hall–Kier alpha value is -0.300. The van der Waals surface area contributed by atoms with Crippen LogP contribution in [0, 0.1) is 0 Å². The highest BCUT2D eigenvalue weighted by atomic mass is 79.9. The third kappa shape index (κ3) is 3.95. The fraction of sp³-hybridized carbons (Fsp3) is 0.167. The Balaban J connectivity index is 2.90. The Labute approximate surface area is 88.4 Å². The summed E-state index contributed by atoms with van der Waals surface area (Å²) in [6.07, 6.45) is -4.68. The van der Waals surface area contributed by atoms with Crippen molar-refractivity contribution in [1.29, 1.82) is 0 Å². The lowest BCUT2D eigenvalue weighted by Gasteiger charge is -2.08. The Morgan fingerprint density at radius 3 is 2.00 bits per heavy atom. The molecule has 0 saturated heterocycles. The van der Waals surface area contributed by atoms with Gasteiger partial charge in [0.25, 0.3) is 0 Å². The van der Waals surface area contributed by atoms with E-state index in [1.54, 1.807) is 0 Å². The molecule has 0 spiro atoms. The summed E-state index contributed by atoms with van der Waals surface area (Å²) < 4.78 is 39.4. The van der Waals surface area contributed by atoms with Crippen LogP contribution in [0.15, 0.2) is 21.3 Å². The molecule has 0 atom stereocenters. The van der Waals surface area contributed by atoms with E-state index >= 15 is 0 Å². The number of nitrogens with zero attached hydrogens (tertiary/aromatic N) is 1. The molecular weight excluding hydrogens is 319 g/mol. The smallest absolute Gasteiger partial charge is 0.406 e. The Kier molecular flexibility index (Phi) is 3.18. The molecule has 0 fully saturated rings. The molecule has 0 aromatic carbocycles. The van der Waals surface area contributed by atoms with E-state index < -0.39 is 6.36 Å². The lowest BCUT2D eigenvalue weighted by molar-refractivity contribution is -0.274. The quantitative estimate of drug-likeness (QED) is 0.739. The van der Waals surface area contributed by atoms with Crippen LogP contribution in [0.2, 0.25) is 0 Å². The van der Waals surface area contributed by atoms with Crippen LogP contribution in [-0.2, 0) is 0 Å². The highest BCUT2D eigenvalue weighted by molar-refractivity contribution is 9.11. The molecule has 0 saturated carbocycles. The van der Waals surface area contributed by atoms with E-state index in [9.17, 15) is 13.2 Å². The summed E-state index contributed by atoms with van der Waals surface area (Å²) in [7, 11) is 0. The topological polar surface area (TPSA) is 22.1 Å². The van der Waals surface area contributed by atoms with Crippen molar-refractivity contribution >= 4 is 31.9 Å². The second-order valence-electron chi connectivity index (χ2n) is 2.00. The highest BCUT2D eigenvalue weighted by Crippen LogP contribution is 2.26. The monoisotopic (exact) mass is 319 g/mol. The number of hydrogen-bond donors (Lipinski definition) is 0. The summed E-state index contributed by atoms with van der Waals surface area (Å²) in [6.45, 7) is 0. The van der Waals surface area contributed by atoms with E-state index in [0.29, 0.717) is 0 Å². The van der Waals surface area contributed by atoms with Crippen molar-refractivity contribution in [2.75, 3.05) is 0 Å². The van der Waals surface area contributed by atoms with Gasteiger partial charge in [0, 0.05) is 12.1 Å². The number of halogens is 5. The summed E-state index contributed by atoms with van der Waals surface area (Å²) >= 11 is 5.86. The lowest BCUT2D eigenvalue weighted by atomic mass is 10.5. The van der Waals surface area contributed by atoms with Crippen molar-refractivity contribution in [3.8, 4) is 5.75 Å². The van der Waals surface area contributed by atoms with Crippen LogP contribution >= 0.6 is 31.9 Å². The third-order valence-electron chi connectivity index (χ3n) is 0.970. The largest absolute Gasteiger partial charge is 0.573 e. The van der Waals surface area contributed by atoms with E-state index in [-0.39, 0.29) is 15.0 Å². The van der Waals surface area contributed by atoms with Gasteiger partial charge in [0.15, 0.2) is 0 Å². The van der Waals surface area contributed by atoms with Crippen LogP contribution < -0.4 is 4.74 Å². The molecule has 0 aliphatic rings. The second-order valence-corrected chi connectivity index (χ2v) is 3.62. The van der Waals surface area contributed by atoms with E-state index in [1.165, 1.54) is 0 Å². The number of hydrogen-bond acceptors (Lipinski definition) is 2. The Bertz CT molecular complexity index is 295.